The van der Waals surface area contributed by atoms with Gasteiger partial charge in [0.05, 0.1) is 16.5 Å². The van der Waals surface area contributed by atoms with E-state index >= 15 is 0 Å². The minimum Gasteiger partial charge on any atom is -0.511 e. The first-order chi connectivity index (χ1) is 14.0. The highest BCUT2D eigenvalue weighted by Gasteiger charge is 2.53. The molecule has 1 fully saturated rings. The van der Waals surface area contributed by atoms with E-state index in [1.807, 2.05) is 0 Å². The van der Waals surface area contributed by atoms with Crippen molar-refractivity contribution < 1.29 is 46.1 Å². The molecule has 1 saturated carbocycles. The van der Waals surface area contributed by atoms with Crippen LogP contribution in [-0.2, 0) is 21.9 Å². The Bertz CT molecular complexity index is 1040. The van der Waals surface area contributed by atoms with Gasteiger partial charge >= 0.3 is 12.4 Å². The molecule has 0 aliphatic heterocycles. The largest absolute Gasteiger partial charge is 0.511 e. The van der Waals surface area contributed by atoms with Gasteiger partial charge in [-0.05, 0) is 50.8 Å². The Balaban J connectivity index is 1.99. The number of hydrogen-bond donors (Lipinski definition) is 2. The number of ketones is 2. The number of rotatable bonds is 3. The summed E-state index contributed by atoms with van der Waals surface area (Å²) in [6.07, 6.45) is -10.2. The van der Waals surface area contributed by atoms with E-state index in [2.05, 4.69) is 0 Å². The van der Waals surface area contributed by atoms with Crippen LogP contribution >= 0.6 is 0 Å². The van der Waals surface area contributed by atoms with Crippen LogP contribution in [0.2, 0.25) is 0 Å². The van der Waals surface area contributed by atoms with Gasteiger partial charge in [0.15, 0.2) is 11.6 Å². The molecule has 0 heterocycles. The molecule has 10 heteroatoms. The molecule has 0 amide bonds. The Morgan fingerprint density at radius 1 is 1.06 bits per heavy atom. The number of benzene rings is 1. The smallest absolute Gasteiger partial charge is 0.416 e. The number of carbonyl (C=O) groups is 2. The lowest BCUT2D eigenvalue weighted by atomic mass is 9.74. The third-order valence-electron chi connectivity index (χ3n) is 5.79. The van der Waals surface area contributed by atoms with E-state index in [0.717, 1.165) is 0 Å². The fourth-order valence-electron chi connectivity index (χ4n) is 3.84. The zero-order valence-electron chi connectivity index (χ0n) is 16.6. The van der Waals surface area contributed by atoms with E-state index in [1.165, 1.54) is 20.8 Å². The van der Waals surface area contributed by atoms with Gasteiger partial charge in [0.1, 0.15) is 17.1 Å². The van der Waals surface area contributed by atoms with E-state index < -0.39 is 75.0 Å². The number of alkyl halides is 6. The Hall–Kier alpha value is -2.78. The lowest BCUT2D eigenvalue weighted by Crippen LogP contribution is -2.36. The molecule has 31 heavy (non-hydrogen) atoms. The number of allylic oxidation sites excluding steroid dienone is 3. The Labute approximate surface area is 172 Å². The third-order valence-corrected chi connectivity index (χ3v) is 5.79. The van der Waals surface area contributed by atoms with Gasteiger partial charge in [-0.15, -0.1) is 0 Å². The van der Waals surface area contributed by atoms with Gasteiger partial charge < -0.3 is 10.2 Å². The lowest BCUT2D eigenvalue weighted by Gasteiger charge is -2.29. The van der Waals surface area contributed by atoms with Crippen molar-refractivity contribution in [2.45, 2.75) is 45.5 Å². The predicted molar refractivity (Wildman–Crippen MR) is 96.1 cm³/mol. The standard InChI is InChI=1S/C21H18F6O4/c1-8-15(28)14(18(31)19(2,3)17(8)30)16(29)12-7-11(12)10-5-4-9(20(22,23)24)6-13(10)21(25,26)27/h4-6,11-12,28,30H,7H2,1-3H3. The Kier molecular flexibility index (Phi) is 5.07. The fraction of sp³-hybridized carbons (Fsp3) is 0.429. The molecule has 2 aliphatic carbocycles. The number of carbonyl (C=O) groups excluding carboxylic acids is 2. The molecule has 0 radical (unpaired) electrons. The molecule has 0 saturated heterocycles. The number of hydrogen-bond acceptors (Lipinski definition) is 4. The topological polar surface area (TPSA) is 74.6 Å². The number of Topliss-reactive ketones (excluding diaryl/α,β-unsaturated/α-hetero) is 2. The summed E-state index contributed by atoms with van der Waals surface area (Å²) < 4.78 is 78.8. The minimum atomic E-state index is -5.08. The van der Waals surface area contributed by atoms with Crippen LogP contribution in [0.25, 0.3) is 0 Å². The second kappa shape index (κ2) is 6.86. The number of aliphatic hydroxyl groups excluding tert-OH is 2. The molecule has 168 valence electrons. The van der Waals surface area contributed by atoms with Crippen molar-refractivity contribution in [1.82, 2.24) is 0 Å². The van der Waals surface area contributed by atoms with Crippen LogP contribution in [0.3, 0.4) is 0 Å². The average molecular weight is 448 g/mol. The molecule has 0 aromatic heterocycles. The van der Waals surface area contributed by atoms with Crippen LogP contribution in [0.15, 0.2) is 40.9 Å². The van der Waals surface area contributed by atoms with Crippen molar-refractivity contribution in [1.29, 1.82) is 0 Å². The Morgan fingerprint density at radius 3 is 2.16 bits per heavy atom. The van der Waals surface area contributed by atoms with Gasteiger partial charge in [-0.2, -0.15) is 26.3 Å². The predicted octanol–water partition coefficient (Wildman–Crippen LogP) is 5.65. The van der Waals surface area contributed by atoms with Gasteiger partial charge in [-0.25, -0.2) is 0 Å². The van der Waals surface area contributed by atoms with E-state index in [1.54, 1.807) is 0 Å². The summed E-state index contributed by atoms with van der Waals surface area (Å²) >= 11 is 0. The molecule has 1 aromatic carbocycles. The van der Waals surface area contributed by atoms with Gasteiger partial charge in [0, 0.05) is 11.5 Å². The molecule has 0 spiro atoms. The lowest BCUT2D eigenvalue weighted by molar-refractivity contribution is -0.143. The quantitative estimate of drug-likeness (QED) is 0.463. The first kappa shape index (κ1) is 22.9. The van der Waals surface area contributed by atoms with Crippen LogP contribution in [0.5, 0.6) is 0 Å². The summed E-state index contributed by atoms with van der Waals surface area (Å²) in [5, 5.41) is 20.3. The van der Waals surface area contributed by atoms with E-state index in [0.29, 0.717) is 12.1 Å². The maximum Gasteiger partial charge on any atom is 0.416 e. The van der Waals surface area contributed by atoms with Crippen molar-refractivity contribution in [3.05, 3.63) is 57.6 Å². The second-order valence-corrected chi connectivity index (χ2v) is 8.26. The summed E-state index contributed by atoms with van der Waals surface area (Å²) in [6, 6.07) is 1.22. The van der Waals surface area contributed by atoms with Crippen LogP contribution in [0, 0.1) is 11.3 Å². The maximum atomic E-state index is 13.4. The SMILES string of the molecule is CC1=C(O)C(C)(C)C(=O)C(C(=O)C2CC2c2ccc(C(F)(F)F)cc2C(F)(F)F)=C1O. The molecule has 4 nitrogen and oxygen atoms in total. The molecule has 2 atom stereocenters. The van der Waals surface area contributed by atoms with Crippen molar-refractivity contribution in [2.75, 3.05) is 0 Å². The molecule has 2 unspecified atom stereocenters. The van der Waals surface area contributed by atoms with Crippen molar-refractivity contribution in [2.24, 2.45) is 11.3 Å². The molecular formula is C21H18F6O4. The van der Waals surface area contributed by atoms with E-state index in [4.69, 9.17) is 0 Å². The van der Waals surface area contributed by atoms with Crippen LogP contribution in [0.1, 0.15) is 49.8 Å². The number of halogens is 6. The highest BCUT2D eigenvalue weighted by Crippen LogP contribution is 2.54. The molecule has 3 rings (SSSR count). The number of aliphatic hydroxyl groups is 2. The monoisotopic (exact) mass is 448 g/mol. The van der Waals surface area contributed by atoms with Crippen LogP contribution in [-0.4, -0.2) is 21.8 Å². The van der Waals surface area contributed by atoms with Gasteiger partial charge in [-0.3, -0.25) is 9.59 Å². The minimum absolute atomic E-state index is 0.00568. The molecule has 2 N–H and O–H groups in total. The van der Waals surface area contributed by atoms with Crippen molar-refractivity contribution in [3.63, 3.8) is 0 Å². The van der Waals surface area contributed by atoms with Gasteiger partial charge in [0.2, 0.25) is 0 Å². The summed E-state index contributed by atoms with van der Waals surface area (Å²) in [5.74, 6) is -5.13. The van der Waals surface area contributed by atoms with Crippen molar-refractivity contribution >= 4 is 11.6 Å². The summed E-state index contributed by atoms with van der Waals surface area (Å²) in [6.45, 7) is 3.94. The van der Waals surface area contributed by atoms with E-state index in [-0.39, 0.29) is 18.1 Å². The van der Waals surface area contributed by atoms with Crippen molar-refractivity contribution in [3.8, 4) is 0 Å². The highest BCUT2D eigenvalue weighted by atomic mass is 19.4. The average Bonchev–Trinajstić information content (AvgIpc) is 3.44. The molecule has 2 aliphatic rings. The summed E-state index contributed by atoms with van der Waals surface area (Å²) in [7, 11) is 0. The molecule has 0 bridgehead atoms. The molecule has 1 aromatic rings. The summed E-state index contributed by atoms with van der Waals surface area (Å²) in [5.41, 5.74) is -5.67. The molecular weight excluding hydrogens is 430 g/mol. The first-order valence-corrected chi connectivity index (χ1v) is 9.20. The zero-order chi connectivity index (χ0) is 23.7. The van der Waals surface area contributed by atoms with Crippen LogP contribution in [0.4, 0.5) is 26.3 Å². The highest BCUT2D eigenvalue weighted by molar-refractivity contribution is 6.25. The Morgan fingerprint density at radius 2 is 1.65 bits per heavy atom. The second-order valence-electron chi connectivity index (χ2n) is 8.26. The fourth-order valence-corrected chi connectivity index (χ4v) is 3.84. The first-order valence-electron chi connectivity index (χ1n) is 9.20. The maximum absolute atomic E-state index is 13.4. The van der Waals surface area contributed by atoms with Gasteiger partial charge in [0.25, 0.3) is 0 Å². The van der Waals surface area contributed by atoms with Gasteiger partial charge in [-0.1, -0.05) is 6.07 Å². The van der Waals surface area contributed by atoms with Crippen LogP contribution < -0.4 is 0 Å². The zero-order valence-corrected chi connectivity index (χ0v) is 16.6. The van der Waals surface area contributed by atoms with E-state index in [9.17, 15) is 46.1 Å². The third kappa shape index (κ3) is 3.72. The normalized spacial score (nSPS) is 24.0. The summed E-state index contributed by atoms with van der Waals surface area (Å²) in [4.78, 5) is 25.6.